The summed E-state index contributed by atoms with van der Waals surface area (Å²) in [5.74, 6) is -0.974. The van der Waals surface area contributed by atoms with Crippen molar-refractivity contribution >= 4 is 5.69 Å². The van der Waals surface area contributed by atoms with Crippen molar-refractivity contribution in [1.29, 1.82) is 0 Å². The summed E-state index contributed by atoms with van der Waals surface area (Å²) >= 11 is 0. The molecule has 0 radical (unpaired) electrons. The number of aryl methyl sites for hydroxylation is 1. The number of nitrogens with zero attached hydrogens (tertiary/aromatic N) is 2. The number of phenols is 1. The average Bonchev–Trinajstić information content (AvgIpc) is 2.70. The summed E-state index contributed by atoms with van der Waals surface area (Å²) in [7, 11) is 1.84. The van der Waals surface area contributed by atoms with Gasteiger partial charge >= 0.3 is 0 Å². The van der Waals surface area contributed by atoms with E-state index in [2.05, 4.69) is 10.4 Å². The first-order valence-electron chi connectivity index (χ1n) is 5.30. The Morgan fingerprint density at radius 3 is 2.82 bits per heavy atom. The first-order valence-corrected chi connectivity index (χ1v) is 5.30. The van der Waals surface area contributed by atoms with Gasteiger partial charge in [-0.05, 0) is 19.1 Å². The van der Waals surface area contributed by atoms with Crippen LogP contribution in [0.2, 0.25) is 0 Å². The maximum Gasteiger partial charge on any atom is 0.166 e. The van der Waals surface area contributed by atoms with E-state index in [4.69, 9.17) is 5.11 Å². The van der Waals surface area contributed by atoms with E-state index in [0.29, 0.717) is 5.69 Å². The number of anilines is 1. The van der Waals surface area contributed by atoms with Crippen molar-refractivity contribution in [3.8, 4) is 5.75 Å². The highest BCUT2D eigenvalue weighted by atomic mass is 19.1. The molecule has 0 amide bonds. The van der Waals surface area contributed by atoms with Crippen LogP contribution in [0.4, 0.5) is 10.1 Å². The Bertz CT molecular complexity index is 524. The Balaban J connectivity index is 2.12. The summed E-state index contributed by atoms with van der Waals surface area (Å²) in [4.78, 5) is 0. The fraction of sp³-hybridized carbons (Fsp3) is 0.250. The Labute approximate surface area is 98.7 Å². The standard InChI is InChI=1S/C12H14FN3O/c1-8(9-6-14-16(2)7-9)15-10-3-4-12(17)11(13)5-10/h3-8,15,17H,1-2H3. The van der Waals surface area contributed by atoms with E-state index in [-0.39, 0.29) is 11.8 Å². The van der Waals surface area contributed by atoms with E-state index in [1.165, 1.54) is 12.1 Å². The lowest BCUT2D eigenvalue weighted by Gasteiger charge is -2.13. The molecule has 0 aliphatic carbocycles. The number of phenolic OH excluding ortho intramolecular Hbond substituents is 1. The van der Waals surface area contributed by atoms with E-state index in [1.54, 1.807) is 16.9 Å². The van der Waals surface area contributed by atoms with Crippen LogP contribution in [0, 0.1) is 5.82 Å². The van der Waals surface area contributed by atoms with Crippen LogP contribution in [-0.2, 0) is 7.05 Å². The minimum atomic E-state index is -0.631. The second kappa shape index (κ2) is 4.45. The summed E-state index contributed by atoms with van der Waals surface area (Å²) in [6.07, 6.45) is 3.66. The van der Waals surface area contributed by atoms with Gasteiger partial charge in [-0.15, -0.1) is 0 Å². The predicted molar refractivity (Wildman–Crippen MR) is 63.3 cm³/mol. The lowest BCUT2D eigenvalue weighted by molar-refractivity contribution is 0.432. The van der Waals surface area contributed by atoms with Crippen molar-refractivity contribution in [3.63, 3.8) is 0 Å². The summed E-state index contributed by atoms with van der Waals surface area (Å²) in [6.45, 7) is 1.96. The van der Waals surface area contributed by atoms with Gasteiger partial charge in [0.2, 0.25) is 0 Å². The van der Waals surface area contributed by atoms with Gasteiger partial charge in [-0.1, -0.05) is 0 Å². The molecule has 5 heteroatoms. The Kier molecular flexibility index (Phi) is 2.99. The molecule has 1 aromatic carbocycles. The second-order valence-corrected chi connectivity index (χ2v) is 3.98. The fourth-order valence-electron chi connectivity index (χ4n) is 1.59. The molecular weight excluding hydrogens is 221 g/mol. The third kappa shape index (κ3) is 2.55. The quantitative estimate of drug-likeness (QED) is 0.803. The van der Waals surface area contributed by atoms with E-state index >= 15 is 0 Å². The van der Waals surface area contributed by atoms with Gasteiger partial charge in [0.25, 0.3) is 0 Å². The molecule has 2 N–H and O–H groups in total. The fourth-order valence-corrected chi connectivity index (χ4v) is 1.59. The van der Waals surface area contributed by atoms with Crippen LogP contribution in [0.15, 0.2) is 30.6 Å². The number of nitrogens with one attached hydrogen (secondary N) is 1. The number of benzene rings is 1. The van der Waals surface area contributed by atoms with Gasteiger partial charge in [0.05, 0.1) is 12.2 Å². The molecule has 1 atom stereocenters. The zero-order valence-electron chi connectivity index (χ0n) is 9.68. The monoisotopic (exact) mass is 235 g/mol. The van der Waals surface area contributed by atoms with E-state index in [9.17, 15) is 4.39 Å². The van der Waals surface area contributed by atoms with Gasteiger partial charge < -0.3 is 10.4 Å². The van der Waals surface area contributed by atoms with Crippen molar-refractivity contribution in [2.45, 2.75) is 13.0 Å². The summed E-state index contributed by atoms with van der Waals surface area (Å²) in [5.41, 5.74) is 1.64. The summed E-state index contributed by atoms with van der Waals surface area (Å²) in [6, 6.07) is 4.24. The van der Waals surface area contributed by atoms with Crippen LogP contribution in [0.1, 0.15) is 18.5 Å². The number of aromatic hydroxyl groups is 1. The lowest BCUT2D eigenvalue weighted by atomic mass is 10.2. The predicted octanol–water partition coefficient (Wildman–Crippen LogP) is 2.44. The summed E-state index contributed by atoms with van der Waals surface area (Å²) in [5, 5.41) is 16.3. The van der Waals surface area contributed by atoms with E-state index < -0.39 is 5.82 Å². The zero-order chi connectivity index (χ0) is 12.4. The van der Waals surface area contributed by atoms with Crippen molar-refractivity contribution in [1.82, 2.24) is 9.78 Å². The largest absolute Gasteiger partial charge is 0.505 e. The lowest BCUT2D eigenvalue weighted by Crippen LogP contribution is -2.05. The molecule has 2 aromatic rings. The molecule has 0 aliphatic heterocycles. The highest BCUT2D eigenvalue weighted by Crippen LogP contribution is 2.23. The van der Waals surface area contributed by atoms with Crippen LogP contribution in [0.5, 0.6) is 5.75 Å². The van der Waals surface area contributed by atoms with E-state index in [1.807, 2.05) is 20.2 Å². The molecule has 0 saturated carbocycles. The van der Waals surface area contributed by atoms with Gasteiger partial charge in [0.1, 0.15) is 0 Å². The maximum absolute atomic E-state index is 13.1. The zero-order valence-corrected chi connectivity index (χ0v) is 9.68. The summed E-state index contributed by atoms with van der Waals surface area (Å²) < 4.78 is 14.8. The van der Waals surface area contributed by atoms with Gasteiger partial charge in [0, 0.05) is 30.6 Å². The van der Waals surface area contributed by atoms with Crippen molar-refractivity contribution < 1.29 is 9.50 Å². The molecule has 2 rings (SSSR count). The topological polar surface area (TPSA) is 50.1 Å². The second-order valence-electron chi connectivity index (χ2n) is 3.98. The first-order chi connectivity index (χ1) is 8.06. The normalized spacial score (nSPS) is 12.4. The molecule has 0 bridgehead atoms. The molecule has 17 heavy (non-hydrogen) atoms. The van der Waals surface area contributed by atoms with Crippen molar-refractivity contribution in [2.75, 3.05) is 5.32 Å². The third-order valence-corrected chi connectivity index (χ3v) is 2.56. The highest BCUT2D eigenvalue weighted by Gasteiger charge is 2.08. The van der Waals surface area contributed by atoms with Gasteiger partial charge in [-0.2, -0.15) is 5.10 Å². The van der Waals surface area contributed by atoms with Crippen LogP contribution >= 0.6 is 0 Å². The molecular formula is C12H14FN3O. The Morgan fingerprint density at radius 2 is 2.24 bits per heavy atom. The number of aromatic nitrogens is 2. The molecule has 0 aliphatic rings. The maximum atomic E-state index is 13.1. The molecule has 1 unspecified atom stereocenters. The molecule has 0 fully saturated rings. The number of rotatable bonds is 3. The highest BCUT2D eigenvalue weighted by molar-refractivity contribution is 5.48. The first kappa shape index (κ1) is 11.4. The molecule has 0 saturated heterocycles. The number of hydrogen-bond donors (Lipinski definition) is 2. The van der Waals surface area contributed by atoms with E-state index in [0.717, 1.165) is 5.56 Å². The third-order valence-electron chi connectivity index (χ3n) is 2.56. The average molecular weight is 235 g/mol. The Morgan fingerprint density at radius 1 is 1.47 bits per heavy atom. The van der Waals surface area contributed by atoms with Gasteiger partial charge in [-0.3, -0.25) is 4.68 Å². The SMILES string of the molecule is CC(Nc1ccc(O)c(F)c1)c1cnn(C)c1. The van der Waals surface area contributed by atoms with Gasteiger partial charge in [-0.25, -0.2) is 4.39 Å². The molecule has 0 spiro atoms. The van der Waals surface area contributed by atoms with Crippen molar-refractivity contribution in [3.05, 3.63) is 42.0 Å². The molecule has 1 aromatic heterocycles. The van der Waals surface area contributed by atoms with Crippen LogP contribution < -0.4 is 5.32 Å². The minimum Gasteiger partial charge on any atom is -0.505 e. The van der Waals surface area contributed by atoms with Gasteiger partial charge in [0.15, 0.2) is 11.6 Å². The molecule has 4 nitrogen and oxygen atoms in total. The Hall–Kier alpha value is -2.04. The number of hydrogen-bond acceptors (Lipinski definition) is 3. The van der Waals surface area contributed by atoms with Crippen molar-refractivity contribution in [2.24, 2.45) is 7.05 Å². The van der Waals surface area contributed by atoms with Crippen LogP contribution in [0.25, 0.3) is 0 Å². The molecule has 90 valence electrons. The van der Waals surface area contributed by atoms with Crippen LogP contribution in [0.3, 0.4) is 0 Å². The number of halogens is 1. The minimum absolute atomic E-state index is 0.0210. The smallest absolute Gasteiger partial charge is 0.166 e. The molecule has 1 heterocycles. The van der Waals surface area contributed by atoms with Crippen LogP contribution in [-0.4, -0.2) is 14.9 Å².